The fourth-order valence-corrected chi connectivity index (χ4v) is 1.43. The van der Waals surface area contributed by atoms with Gasteiger partial charge in [0.1, 0.15) is 17.0 Å². The summed E-state index contributed by atoms with van der Waals surface area (Å²) in [6, 6.07) is 2.13. The summed E-state index contributed by atoms with van der Waals surface area (Å²) in [4.78, 5) is 26.7. The smallest absolute Gasteiger partial charge is 0.252 e. The third-order valence-corrected chi connectivity index (χ3v) is 2.26. The molecule has 1 aromatic heterocycles. The van der Waals surface area contributed by atoms with E-state index in [0.717, 1.165) is 0 Å². The molecule has 0 aliphatic rings. The quantitative estimate of drug-likeness (QED) is 0.672. The van der Waals surface area contributed by atoms with E-state index in [1.165, 1.54) is 19.2 Å². The first kappa shape index (κ1) is 13.2. The minimum Gasteiger partial charge on any atom is -0.384 e. The molecule has 1 rings (SSSR count). The molecule has 1 atom stereocenters. The van der Waals surface area contributed by atoms with Gasteiger partial charge in [0.25, 0.3) is 5.91 Å². The Morgan fingerprint density at radius 2 is 2.12 bits per heavy atom. The van der Waals surface area contributed by atoms with Gasteiger partial charge in [-0.25, -0.2) is 4.98 Å². The van der Waals surface area contributed by atoms with Gasteiger partial charge in [-0.3, -0.25) is 9.59 Å². The molecule has 4 N–H and O–H groups in total. The zero-order valence-corrected chi connectivity index (χ0v) is 10.2. The fourth-order valence-electron chi connectivity index (χ4n) is 1.21. The Morgan fingerprint density at radius 3 is 2.65 bits per heavy atom. The number of anilines is 1. The fraction of sp³-hybridized carbons (Fsp3) is 0.300. The predicted octanol–water partition coefficient (Wildman–Crippen LogP) is 0.181. The maximum absolute atomic E-state index is 11.7. The number of carbonyl (C=O) groups excluding carboxylic acids is 2. The van der Waals surface area contributed by atoms with Crippen LogP contribution in [0.25, 0.3) is 0 Å². The first-order chi connectivity index (χ1) is 7.93. The van der Waals surface area contributed by atoms with E-state index in [0.29, 0.717) is 0 Å². The van der Waals surface area contributed by atoms with E-state index in [2.05, 4.69) is 15.6 Å². The minimum absolute atomic E-state index is 0.128. The lowest BCUT2D eigenvalue weighted by Crippen LogP contribution is -2.43. The highest BCUT2D eigenvalue weighted by molar-refractivity contribution is 6.29. The third kappa shape index (κ3) is 3.60. The molecule has 1 heterocycles. The van der Waals surface area contributed by atoms with Crippen LogP contribution in [0.3, 0.4) is 0 Å². The summed E-state index contributed by atoms with van der Waals surface area (Å²) in [6.07, 6.45) is 0. The number of nitrogens with one attached hydrogen (secondary N) is 2. The van der Waals surface area contributed by atoms with Gasteiger partial charge >= 0.3 is 0 Å². The maximum atomic E-state index is 11.7. The molecule has 0 radical (unpaired) electrons. The van der Waals surface area contributed by atoms with E-state index >= 15 is 0 Å². The molecule has 6 nitrogen and oxygen atoms in total. The van der Waals surface area contributed by atoms with Gasteiger partial charge in [0.15, 0.2) is 0 Å². The number of rotatable bonds is 3. The molecule has 1 unspecified atom stereocenters. The molecule has 0 aliphatic carbocycles. The van der Waals surface area contributed by atoms with Gasteiger partial charge in [0.05, 0.1) is 0 Å². The van der Waals surface area contributed by atoms with Gasteiger partial charge in [-0.1, -0.05) is 11.6 Å². The lowest BCUT2D eigenvalue weighted by atomic mass is 10.2. The summed E-state index contributed by atoms with van der Waals surface area (Å²) in [7, 11) is 1.49. The Balaban J connectivity index is 2.79. The maximum Gasteiger partial charge on any atom is 0.252 e. The van der Waals surface area contributed by atoms with Gasteiger partial charge in [0.2, 0.25) is 5.91 Å². The van der Waals surface area contributed by atoms with E-state index in [1.54, 1.807) is 6.92 Å². The van der Waals surface area contributed by atoms with Crippen molar-refractivity contribution in [3.8, 4) is 0 Å². The van der Waals surface area contributed by atoms with E-state index in [9.17, 15) is 9.59 Å². The highest BCUT2D eigenvalue weighted by Crippen LogP contribution is 2.12. The van der Waals surface area contributed by atoms with Crippen molar-refractivity contribution in [1.82, 2.24) is 15.6 Å². The number of nitrogens with zero attached hydrogens (tertiary/aromatic N) is 1. The van der Waals surface area contributed by atoms with Crippen molar-refractivity contribution in [1.29, 1.82) is 0 Å². The van der Waals surface area contributed by atoms with Crippen LogP contribution < -0.4 is 16.4 Å². The van der Waals surface area contributed by atoms with Gasteiger partial charge in [-0.15, -0.1) is 0 Å². The third-order valence-electron chi connectivity index (χ3n) is 2.06. The largest absolute Gasteiger partial charge is 0.384 e. The van der Waals surface area contributed by atoms with Crippen molar-refractivity contribution in [3.63, 3.8) is 0 Å². The van der Waals surface area contributed by atoms with Gasteiger partial charge in [-0.05, 0) is 19.1 Å². The molecular weight excluding hydrogens is 244 g/mol. The number of likely N-dealkylation sites (N-methyl/N-ethyl adjacent to an activating group) is 1. The lowest BCUT2D eigenvalue weighted by Gasteiger charge is -2.12. The number of nitrogen functional groups attached to an aromatic ring is 1. The van der Waals surface area contributed by atoms with E-state index < -0.39 is 11.9 Å². The van der Waals surface area contributed by atoms with Crippen LogP contribution in [0, 0.1) is 0 Å². The SMILES string of the molecule is CNC(=O)C(C)NC(=O)c1cc(N)nc(Cl)c1. The Kier molecular flexibility index (Phi) is 4.28. The van der Waals surface area contributed by atoms with E-state index in [4.69, 9.17) is 17.3 Å². The van der Waals surface area contributed by atoms with Crippen LogP contribution >= 0.6 is 11.6 Å². The number of pyridine rings is 1. The Hall–Kier alpha value is -1.82. The molecule has 0 aliphatic heterocycles. The van der Waals surface area contributed by atoms with Crippen molar-refractivity contribution >= 4 is 29.2 Å². The van der Waals surface area contributed by atoms with Crippen LogP contribution in [0.1, 0.15) is 17.3 Å². The Labute approximate surface area is 104 Å². The molecule has 92 valence electrons. The number of hydrogen-bond donors (Lipinski definition) is 3. The first-order valence-electron chi connectivity index (χ1n) is 4.89. The number of hydrogen-bond acceptors (Lipinski definition) is 4. The Bertz CT molecular complexity index is 430. The number of halogens is 1. The zero-order valence-electron chi connectivity index (χ0n) is 9.45. The van der Waals surface area contributed by atoms with Gasteiger partial charge in [0, 0.05) is 12.6 Å². The van der Waals surface area contributed by atoms with E-state index in [-0.39, 0.29) is 22.4 Å². The lowest BCUT2D eigenvalue weighted by molar-refractivity contribution is -0.122. The van der Waals surface area contributed by atoms with Gasteiger partial charge in [-0.2, -0.15) is 0 Å². The molecule has 7 heteroatoms. The summed E-state index contributed by atoms with van der Waals surface area (Å²) in [6.45, 7) is 1.57. The molecule has 0 aromatic carbocycles. The van der Waals surface area contributed by atoms with Crippen molar-refractivity contribution in [2.45, 2.75) is 13.0 Å². The predicted molar refractivity (Wildman–Crippen MR) is 64.7 cm³/mol. The average Bonchev–Trinajstić information content (AvgIpc) is 2.26. The van der Waals surface area contributed by atoms with E-state index in [1.807, 2.05) is 0 Å². The summed E-state index contributed by atoms with van der Waals surface area (Å²) in [5.74, 6) is -0.571. The van der Waals surface area contributed by atoms with Crippen LogP contribution in [0.5, 0.6) is 0 Å². The zero-order chi connectivity index (χ0) is 13.0. The molecule has 0 fully saturated rings. The molecular formula is C10H13ClN4O2. The monoisotopic (exact) mass is 256 g/mol. The molecule has 17 heavy (non-hydrogen) atoms. The molecule has 0 spiro atoms. The van der Waals surface area contributed by atoms with Crippen molar-refractivity contribution < 1.29 is 9.59 Å². The summed E-state index contributed by atoms with van der Waals surface area (Å²) < 4.78 is 0. The molecule has 0 saturated heterocycles. The molecule has 2 amide bonds. The van der Waals surface area contributed by atoms with Crippen LogP contribution in [-0.2, 0) is 4.79 Å². The van der Waals surface area contributed by atoms with Crippen LogP contribution in [0.15, 0.2) is 12.1 Å². The first-order valence-corrected chi connectivity index (χ1v) is 5.27. The second kappa shape index (κ2) is 5.49. The topological polar surface area (TPSA) is 97.1 Å². The van der Waals surface area contributed by atoms with Crippen LogP contribution in [0.2, 0.25) is 5.15 Å². The number of amides is 2. The number of nitrogens with two attached hydrogens (primary N) is 1. The standard InChI is InChI=1S/C10H13ClN4O2/c1-5(9(16)13-2)14-10(17)6-3-7(11)15-8(12)4-6/h3-5H,1-2H3,(H2,12,15)(H,13,16)(H,14,17). The number of carbonyl (C=O) groups is 2. The summed E-state index contributed by atoms with van der Waals surface area (Å²) in [5.41, 5.74) is 5.72. The van der Waals surface area contributed by atoms with Crippen molar-refractivity contribution in [2.75, 3.05) is 12.8 Å². The highest BCUT2D eigenvalue weighted by atomic mass is 35.5. The number of aromatic nitrogens is 1. The summed E-state index contributed by atoms with van der Waals surface area (Å²) >= 11 is 5.67. The highest BCUT2D eigenvalue weighted by Gasteiger charge is 2.15. The normalized spacial score (nSPS) is 11.7. The van der Waals surface area contributed by atoms with Crippen molar-refractivity contribution in [3.05, 3.63) is 22.8 Å². The second-order valence-electron chi connectivity index (χ2n) is 3.41. The Morgan fingerprint density at radius 1 is 1.47 bits per heavy atom. The van der Waals surface area contributed by atoms with Crippen LogP contribution in [0.4, 0.5) is 5.82 Å². The van der Waals surface area contributed by atoms with Crippen LogP contribution in [-0.4, -0.2) is 29.9 Å². The van der Waals surface area contributed by atoms with Gasteiger partial charge < -0.3 is 16.4 Å². The van der Waals surface area contributed by atoms with Crippen molar-refractivity contribution in [2.24, 2.45) is 0 Å². The molecule has 0 saturated carbocycles. The second-order valence-corrected chi connectivity index (χ2v) is 3.80. The average molecular weight is 257 g/mol. The molecule has 0 bridgehead atoms. The minimum atomic E-state index is -0.638. The summed E-state index contributed by atoms with van der Waals surface area (Å²) in [5, 5.41) is 5.06. The molecule has 1 aromatic rings.